The Balaban J connectivity index is 2.57. The molecule has 0 bridgehead atoms. The van der Waals surface area contributed by atoms with Gasteiger partial charge in [-0.15, -0.1) is 12.3 Å². The smallest absolute Gasteiger partial charge is 0.0408 e. The molecule has 0 aliphatic rings. The van der Waals surface area contributed by atoms with Crippen LogP contribution in [0.3, 0.4) is 0 Å². The van der Waals surface area contributed by atoms with Gasteiger partial charge in [0.2, 0.25) is 0 Å². The highest BCUT2D eigenvalue weighted by atomic mass is 35.5. The lowest BCUT2D eigenvalue weighted by Crippen LogP contribution is -2.31. The zero-order chi connectivity index (χ0) is 11.8. The predicted octanol–water partition coefficient (Wildman–Crippen LogP) is 3.27. The minimum absolute atomic E-state index is 0.350. The van der Waals surface area contributed by atoms with Crippen molar-refractivity contribution in [2.75, 3.05) is 6.54 Å². The molecular weight excluding hydrogens is 218 g/mol. The van der Waals surface area contributed by atoms with Crippen LogP contribution in [-0.4, -0.2) is 12.6 Å². The fraction of sp³-hybridized carbons (Fsp3) is 0.429. The van der Waals surface area contributed by atoms with E-state index in [4.69, 9.17) is 18.0 Å². The van der Waals surface area contributed by atoms with Crippen molar-refractivity contribution in [3.63, 3.8) is 0 Å². The molecule has 0 fully saturated rings. The van der Waals surface area contributed by atoms with Gasteiger partial charge in [0.05, 0.1) is 0 Å². The third-order valence-electron chi connectivity index (χ3n) is 2.42. The Hall–Kier alpha value is -0.970. The molecule has 1 atom stereocenters. The standard InChI is InChI=1S/C14H18ClN/c1-3-6-14(16-9-4-2)11-12-7-5-8-13(15)10-12/h1,5,7-8,10,14,16H,4,6,9,11H2,2H3. The van der Waals surface area contributed by atoms with Gasteiger partial charge in [0.15, 0.2) is 0 Å². The lowest BCUT2D eigenvalue weighted by Gasteiger charge is -2.16. The molecule has 1 aromatic rings. The van der Waals surface area contributed by atoms with Crippen LogP contribution in [0.2, 0.25) is 5.02 Å². The minimum Gasteiger partial charge on any atom is -0.313 e. The van der Waals surface area contributed by atoms with E-state index in [1.165, 1.54) is 5.56 Å². The van der Waals surface area contributed by atoms with Crippen LogP contribution in [0.15, 0.2) is 24.3 Å². The van der Waals surface area contributed by atoms with Gasteiger partial charge in [0.25, 0.3) is 0 Å². The van der Waals surface area contributed by atoms with E-state index in [9.17, 15) is 0 Å². The molecule has 0 aliphatic carbocycles. The van der Waals surface area contributed by atoms with Crippen LogP contribution in [0.25, 0.3) is 0 Å². The Morgan fingerprint density at radius 2 is 2.31 bits per heavy atom. The SMILES string of the molecule is C#CCC(Cc1cccc(Cl)c1)NCCC. The zero-order valence-corrected chi connectivity index (χ0v) is 10.4. The second-order valence-corrected chi connectivity index (χ2v) is 4.33. The molecule has 0 amide bonds. The molecule has 0 radical (unpaired) electrons. The first-order valence-corrected chi connectivity index (χ1v) is 6.05. The van der Waals surface area contributed by atoms with Gasteiger partial charge in [-0.2, -0.15) is 0 Å². The summed E-state index contributed by atoms with van der Waals surface area (Å²) in [7, 11) is 0. The number of halogens is 1. The highest BCUT2D eigenvalue weighted by Gasteiger charge is 2.07. The topological polar surface area (TPSA) is 12.0 Å². The van der Waals surface area contributed by atoms with Crippen LogP contribution in [0, 0.1) is 12.3 Å². The zero-order valence-electron chi connectivity index (χ0n) is 9.67. The molecule has 1 aromatic carbocycles. The second kappa shape index (κ2) is 7.33. The molecule has 0 aliphatic heterocycles. The third kappa shape index (κ3) is 4.70. The molecule has 86 valence electrons. The molecule has 1 unspecified atom stereocenters. The van der Waals surface area contributed by atoms with Crippen molar-refractivity contribution in [1.29, 1.82) is 0 Å². The second-order valence-electron chi connectivity index (χ2n) is 3.89. The largest absolute Gasteiger partial charge is 0.313 e. The summed E-state index contributed by atoms with van der Waals surface area (Å²) in [4.78, 5) is 0. The van der Waals surface area contributed by atoms with Gasteiger partial charge in [-0.3, -0.25) is 0 Å². The van der Waals surface area contributed by atoms with Crippen molar-refractivity contribution in [2.45, 2.75) is 32.2 Å². The van der Waals surface area contributed by atoms with Gasteiger partial charge >= 0.3 is 0 Å². The highest BCUT2D eigenvalue weighted by molar-refractivity contribution is 6.30. The molecule has 0 heterocycles. The molecule has 1 N–H and O–H groups in total. The van der Waals surface area contributed by atoms with Crippen molar-refractivity contribution in [1.82, 2.24) is 5.32 Å². The van der Waals surface area contributed by atoms with E-state index in [0.29, 0.717) is 6.04 Å². The van der Waals surface area contributed by atoms with E-state index in [2.05, 4.69) is 24.2 Å². The van der Waals surface area contributed by atoms with Gasteiger partial charge in [0, 0.05) is 17.5 Å². The van der Waals surface area contributed by atoms with Gasteiger partial charge < -0.3 is 5.32 Å². The van der Waals surface area contributed by atoms with Crippen LogP contribution in [-0.2, 0) is 6.42 Å². The summed E-state index contributed by atoms with van der Waals surface area (Å²) in [5, 5.41) is 4.24. The summed E-state index contributed by atoms with van der Waals surface area (Å²) in [6.45, 7) is 3.16. The van der Waals surface area contributed by atoms with Gasteiger partial charge in [-0.1, -0.05) is 30.7 Å². The number of hydrogen-bond acceptors (Lipinski definition) is 1. The van der Waals surface area contributed by atoms with Crippen molar-refractivity contribution >= 4 is 11.6 Å². The molecule has 0 aromatic heterocycles. The minimum atomic E-state index is 0.350. The summed E-state index contributed by atoms with van der Waals surface area (Å²) in [6, 6.07) is 8.30. The van der Waals surface area contributed by atoms with Crippen LogP contribution in [0.4, 0.5) is 0 Å². The molecule has 0 saturated heterocycles. The third-order valence-corrected chi connectivity index (χ3v) is 2.65. The van der Waals surface area contributed by atoms with E-state index in [1.807, 2.05) is 18.2 Å². The first kappa shape index (κ1) is 13.1. The number of rotatable bonds is 6. The lowest BCUT2D eigenvalue weighted by molar-refractivity contribution is 0.517. The number of benzene rings is 1. The fourth-order valence-electron chi connectivity index (χ4n) is 1.66. The van der Waals surface area contributed by atoms with Crippen molar-refractivity contribution < 1.29 is 0 Å². The van der Waals surface area contributed by atoms with Crippen molar-refractivity contribution in [3.8, 4) is 12.3 Å². The Labute approximate surface area is 103 Å². The maximum Gasteiger partial charge on any atom is 0.0408 e. The van der Waals surface area contributed by atoms with Crippen molar-refractivity contribution in [2.24, 2.45) is 0 Å². The number of terminal acetylenes is 1. The van der Waals surface area contributed by atoms with Crippen LogP contribution in [0.5, 0.6) is 0 Å². The van der Waals surface area contributed by atoms with E-state index in [-0.39, 0.29) is 0 Å². The maximum atomic E-state index is 5.95. The quantitative estimate of drug-likeness (QED) is 0.747. The van der Waals surface area contributed by atoms with Gasteiger partial charge in [-0.25, -0.2) is 0 Å². The number of hydrogen-bond donors (Lipinski definition) is 1. The Morgan fingerprint density at radius 3 is 2.94 bits per heavy atom. The summed E-state index contributed by atoms with van der Waals surface area (Å²) in [5.74, 6) is 2.72. The first-order valence-electron chi connectivity index (χ1n) is 5.67. The Bertz CT molecular complexity index is 354. The first-order chi connectivity index (χ1) is 7.76. The van der Waals surface area contributed by atoms with Crippen molar-refractivity contribution in [3.05, 3.63) is 34.9 Å². The Morgan fingerprint density at radius 1 is 1.50 bits per heavy atom. The molecule has 1 rings (SSSR count). The molecular formula is C14H18ClN. The van der Waals surface area contributed by atoms with Crippen LogP contribution >= 0.6 is 11.6 Å². The van der Waals surface area contributed by atoms with Gasteiger partial charge in [0.1, 0.15) is 0 Å². The summed E-state index contributed by atoms with van der Waals surface area (Å²) in [6.07, 6.45) is 8.18. The molecule has 0 saturated carbocycles. The van der Waals surface area contributed by atoms with E-state index in [1.54, 1.807) is 0 Å². The molecule has 1 nitrogen and oxygen atoms in total. The average molecular weight is 236 g/mol. The summed E-state index contributed by atoms with van der Waals surface area (Å²) < 4.78 is 0. The monoisotopic (exact) mass is 235 g/mol. The summed E-state index contributed by atoms with van der Waals surface area (Å²) >= 11 is 5.95. The highest BCUT2D eigenvalue weighted by Crippen LogP contribution is 2.13. The predicted molar refractivity (Wildman–Crippen MR) is 70.7 cm³/mol. The van der Waals surface area contributed by atoms with Crippen LogP contribution in [0.1, 0.15) is 25.3 Å². The van der Waals surface area contributed by atoms with Gasteiger partial charge in [-0.05, 0) is 37.1 Å². The normalized spacial score (nSPS) is 12.1. The fourth-order valence-corrected chi connectivity index (χ4v) is 1.87. The molecule has 0 spiro atoms. The lowest BCUT2D eigenvalue weighted by atomic mass is 10.0. The van der Waals surface area contributed by atoms with E-state index < -0.39 is 0 Å². The Kier molecular flexibility index (Phi) is 6.00. The van der Waals surface area contributed by atoms with E-state index in [0.717, 1.165) is 30.8 Å². The van der Waals surface area contributed by atoms with E-state index >= 15 is 0 Å². The summed E-state index contributed by atoms with van der Waals surface area (Å²) in [5.41, 5.74) is 1.23. The molecule has 16 heavy (non-hydrogen) atoms. The average Bonchev–Trinajstić information content (AvgIpc) is 2.26. The molecule has 2 heteroatoms. The maximum absolute atomic E-state index is 5.95. The number of nitrogens with one attached hydrogen (secondary N) is 1. The van der Waals surface area contributed by atoms with Crippen LogP contribution < -0.4 is 5.32 Å².